The van der Waals surface area contributed by atoms with Crippen LogP contribution >= 0.6 is 0 Å². The molecule has 1 spiro atoms. The van der Waals surface area contributed by atoms with E-state index in [9.17, 15) is 19.2 Å². The molecular weight excluding hydrogens is 376 g/mol. The Bertz CT molecular complexity index is 893. The fourth-order valence-corrected chi connectivity index (χ4v) is 3.82. The minimum absolute atomic E-state index is 0.0105. The second-order valence-electron chi connectivity index (χ2n) is 7.34. The van der Waals surface area contributed by atoms with Gasteiger partial charge in [0.2, 0.25) is 0 Å². The number of imide groups is 1. The summed E-state index contributed by atoms with van der Waals surface area (Å²) in [6.45, 7) is 0.807. The van der Waals surface area contributed by atoms with Crippen molar-refractivity contribution in [2.45, 2.75) is 38.1 Å². The van der Waals surface area contributed by atoms with Crippen molar-refractivity contribution in [3.8, 4) is 6.07 Å². The molecule has 3 rings (SSSR count). The predicted octanol–water partition coefficient (Wildman–Crippen LogP) is 1.54. The molecule has 1 heterocycles. The number of hydrogen-bond donors (Lipinski definition) is 2. The number of nitriles is 1. The Morgan fingerprint density at radius 2 is 2.17 bits per heavy atom. The van der Waals surface area contributed by atoms with Gasteiger partial charge >= 0.3 is 12.0 Å². The lowest BCUT2D eigenvalue weighted by Crippen LogP contribution is -2.54. The van der Waals surface area contributed by atoms with Crippen molar-refractivity contribution in [2.75, 3.05) is 18.5 Å². The Kier molecular flexibility index (Phi) is 5.82. The zero-order chi connectivity index (χ0) is 21.0. The van der Waals surface area contributed by atoms with E-state index in [1.807, 2.05) is 13.0 Å². The van der Waals surface area contributed by atoms with Gasteiger partial charge in [-0.2, -0.15) is 5.26 Å². The van der Waals surface area contributed by atoms with Gasteiger partial charge in [-0.1, -0.05) is 25.8 Å². The number of rotatable bonds is 5. The molecular formula is C20H22N4O5. The van der Waals surface area contributed by atoms with E-state index in [-0.39, 0.29) is 5.92 Å². The molecule has 1 aliphatic carbocycles. The van der Waals surface area contributed by atoms with Crippen LogP contribution in [0.2, 0.25) is 0 Å². The summed E-state index contributed by atoms with van der Waals surface area (Å²) in [5, 5.41) is 14.1. The molecule has 152 valence electrons. The van der Waals surface area contributed by atoms with E-state index in [0.717, 1.165) is 24.2 Å². The molecule has 9 nitrogen and oxygen atoms in total. The van der Waals surface area contributed by atoms with Crippen molar-refractivity contribution in [2.24, 2.45) is 5.92 Å². The molecule has 0 unspecified atom stereocenters. The van der Waals surface area contributed by atoms with E-state index < -0.39 is 42.5 Å². The first-order valence-corrected chi connectivity index (χ1v) is 9.45. The second kappa shape index (κ2) is 8.31. The van der Waals surface area contributed by atoms with Crippen LogP contribution in [0.3, 0.4) is 0 Å². The molecule has 1 aromatic rings. The summed E-state index contributed by atoms with van der Waals surface area (Å²) in [5.74, 6) is -1.87. The summed E-state index contributed by atoms with van der Waals surface area (Å²) in [4.78, 5) is 49.9. The number of benzene rings is 1. The Balaban J connectivity index is 1.52. The molecule has 1 saturated heterocycles. The summed E-state index contributed by atoms with van der Waals surface area (Å²) in [5.41, 5.74) is -0.171. The first kappa shape index (κ1) is 20.3. The predicted molar refractivity (Wildman–Crippen MR) is 101 cm³/mol. The van der Waals surface area contributed by atoms with E-state index >= 15 is 0 Å². The number of urea groups is 1. The van der Waals surface area contributed by atoms with E-state index in [0.29, 0.717) is 17.7 Å². The third kappa shape index (κ3) is 4.21. The standard InChI is InChI=1S/C20H22N4O5/c1-13-5-2-3-8-20(13)18(27)24(19(28)23-20)11-17(26)29-12-16(25)22-15-7-4-6-14(9-15)10-21/h4,6-7,9,13H,2-3,5,8,11-12H2,1H3,(H,22,25)(H,23,28)/t13-,20+/m1/s1. The molecule has 2 N–H and O–H groups in total. The fraction of sp³-hybridized carbons (Fsp3) is 0.450. The summed E-state index contributed by atoms with van der Waals surface area (Å²) in [6, 6.07) is 7.62. The van der Waals surface area contributed by atoms with Gasteiger partial charge in [-0.3, -0.25) is 19.3 Å². The van der Waals surface area contributed by atoms with Gasteiger partial charge in [0.15, 0.2) is 6.61 Å². The van der Waals surface area contributed by atoms with Crippen molar-refractivity contribution in [3.63, 3.8) is 0 Å². The van der Waals surface area contributed by atoms with Crippen molar-refractivity contribution in [1.82, 2.24) is 10.2 Å². The molecule has 2 aliphatic rings. The minimum atomic E-state index is -0.946. The zero-order valence-electron chi connectivity index (χ0n) is 16.1. The summed E-state index contributed by atoms with van der Waals surface area (Å²) in [7, 11) is 0. The molecule has 1 aromatic carbocycles. The number of esters is 1. The average Bonchev–Trinajstić information content (AvgIpc) is 2.94. The van der Waals surface area contributed by atoms with Crippen LogP contribution in [-0.4, -0.2) is 47.4 Å². The highest BCUT2D eigenvalue weighted by Crippen LogP contribution is 2.38. The number of nitrogens with zero attached hydrogens (tertiary/aromatic N) is 2. The minimum Gasteiger partial charge on any atom is -0.454 e. The molecule has 0 bridgehead atoms. The highest BCUT2D eigenvalue weighted by molar-refractivity contribution is 6.09. The van der Waals surface area contributed by atoms with Gasteiger partial charge < -0.3 is 15.4 Å². The van der Waals surface area contributed by atoms with Crippen molar-refractivity contribution in [3.05, 3.63) is 29.8 Å². The number of carbonyl (C=O) groups excluding carboxylic acids is 4. The van der Waals surface area contributed by atoms with Crippen molar-refractivity contribution in [1.29, 1.82) is 5.26 Å². The fourth-order valence-electron chi connectivity index (χ4n) is 3.82. The van der Waals surface area contributed by atoms with Gasteiger partial charge in [-0.25, -0.2) is 4.79 Å². The second-order valence-corrected chi connectivity index (χ2v) is 7.34. The van der Waals surface area contributed by atoms with E-state index in [1.54, 1.807) is 18.2 Å². The number of hydrogen-bond acceptors (Lipinski definition) is 6. The lowest BCUT2D eigenvalue weighted by Gasteiger charge is -2.36. The maximum atomic E-state index is 12.8. The molecule has 2 atom stereocenters. The van der Waals surface area contributed by atoms with Gasteiger partial charge in [-0.05, 0) is 37.0 Å². The summed E-state index contributed by atoms with van der Waals surface area (Å²) in [6.07, 6.45) is 3.22. The molecule has 4 amide bonds. The molecule has 0 aromatic heterocycles. The highest BCUT2D eigenvalue weighted by Gasteiger charge is 2.55. The topological polar surface area (TPSA) is 129 Å². The normalized spacial score (nSPS) is 23.4. The quantitative estimate of drug-likeness (QED) is 0.572. The lowest BCUT2D eigenvalue weighted by atomic mass is 9.73. The smallest absolute Gasteiger partial charge is 0.326 e. The number of ether oxygens (including phenoxy) is 1. The van der Waals surface area contributed by atoms with Crippen molar-refractivity contribution < 1.29 is 23.9 Å². The molecule has 1 aliphatic heterocycles. The molecule has 0 radical (unpaired) electrons. The third-order valence-electron chi connectivity index (χ3n) is 5.43. The van der Waals surface area contributed by atoms with Gasteiger partial charge in [0.25, 0.3) is 11.8 Å². The zero-order valence-corrected chi connectivity index (χ0v) is 16.1. The Labute approximate surface area is 168 Å². The Morgan fingerprint density at radius 1 is 1.38 bits per heavy atom. The lowest BCUT2D eigenvalue weighted by molar-refractivity contribution is -0.150. The van der Waals surface area contributed by atoms with E-state index in [2.05, 4.69) is 10.6 Å². The summed E-state index contributed by atoms with van der Waals surface area (Å²) >= 11 is 0. The van der Waals surface area contributed by atoms with Crippen LogP contribution in [0.15, 0.2) is 24.3 Å². The average molecular weight is 398 g/mol. The molecule has 2 fully saturated rings. The third-order valence-corrected chi connectivity index (χ3v) is 5.43. The maximum absolute atomic E-state index is 12.8. The van der Waals surface area contributed by atoms with Crippen LogP contribution in [0.5, 0.6) is 0 Å². The SMILES string of the molecule is C[C@@H]1CCCC[C@]12NC(=O)N(CC(=O)OCC(=O)Nc1cccc(C#N)c1)C2=O. The number of carbonyl (C=O) groups is 4. The number of anilines is 1. The maximum Gasteiger partial charge on any atom is 0.326 e. The number of amides is 4. The highest BCUT2D eigenvalue weighted by atomic mass is 16.5. The molecule has 29 heavy (non-hydrogen) atoms. The Morgan fingerprint density at radius 3 is 2.90 bits per heavy atom. The van der Waals surface area contributed by atoms with Gasteiger partial charge in [0.05, 0.1) is 11.6 Å². The van der Waals surface area contributed by atoms with Crippen LogP contribution in [-0.2, 0) is 19.1 Å². The van der Waals surface area contributed by atoms with Crippen LogP contribution in [0, 0.1) is 17.2 Å². The summed E-state index contributed by atoms with van der Waals surface area (Å²) < 4.78 is 4.90. The number of nitrogens with one attached hydrogen (secondary N) is 2. The first-order valence-electron chi connectivity index (χ1n) is 9.45. The van der Waals surface area contributed by atoms with Crippen LogP contribution in [0.4, 0.5) is 10.5 Å². The van der Waals surface area contributed by atoms with E-state index in [4.69, 9.17) is 10.00 Å². The van der Waals surface area contributed by atoms with Gasteiger partial charge in [-0.15, -0.1) is 0 Å². The van der Waals surface area contributed by atoms with Crippen LogP contribution < -0.4 is 10.6 Å². The van der Waals surface area contributed by atoms with Gasteiger partial charge in [0.1, 0.15) is 12.1 Å². The monoisotopic (exact) mass is 398 g/mol. The van der Waals surface area contributed by atoms with Crippen LogP contribution in [0.25, 0.3) is 0 Å². The molecule has 9 heteroatoms. The molecule has 1 saturated carbocycles. The van der Waals surface area contributed by atoms with Crippen LogP contribution in [0.1, 0.15) is 38.2 Å². The first-order chi connectivity index (χ1) is 13.9. The van der Waals surface area contributed by atoms with Crippen molar-refractivity contribution >= 4 is 29.5 Å². The van der Waals surface area contributed by atoms with E-state index in [1.165, 1.54) is 6.07 Å². The largest absolute Gasteiger partial charge is 0.454 e. The van der Waals surface area contributed by atoms with Gasteiger partial charge in [0, 0.05) is 5.69 Å². The Hall–Kier alpha value is -3.41.